The van der Waals surface area contributed by atoms with Crippen LogP contribution in [0.2, 0.25) is 0 Å². The fraction of sp³-hybridized carbons (Fsp3) is 0.800. The summed E-state index contributed by atoms with van der Waals surface area (Å²) >= 11 is 0. The van der Waals surface area contributed by atoms with Crippen LogP contribution in [0.25, 0.3) is 0 Å². The second-order valence-corrected chi connectivity index (χ2v) is 11.0. The number of ether oxygens (including phenoxy) is 1. The molecule has 1 spiro atoms. The van der Waals surface area contributed by atoms with Crippen LogP contribution in [0.1, 0.15) is 85.0 Å². The molecule has 0 amide bonds. The molecule has 2 aliphatic heterocycles. The van der Waals surface area contributed by atoms with Crippen LogP contribution in [-0.2, 0) is 4.74 Å². The molecule has 2 unspecified atom stereocenters. The van der Waals surface area contributed by atoms with Gasteiger partial charge in [-0.15, -0.1) is 0 Å². The van der Waals surface area contributed by atoms with Gasteiger partial charge in [0.1, 0.15) is 11.6 Å². The van der Waals surface area contributed by atoms with Crippen LogP contribution < -0.4 is 5.32 Å². The Morgan fingerprint density at radius 1 is 1.16 bits per heavy atom. The Morgan fingerprint density at radius 2 is 1.88 bits per heavy atom. The van der Waals surface area contributed by atoms with Crippen molar-refractivity contribution in [3.05, 3.63) is 11.5 Å². The zero-order valence-electron chi connectivity index (χ0n) is 19.7. The lowest BCUT2D eigenvalue weighted by Crippen LogP contribution is -2.41. The number of aliphatic hydroxyl groups is 2. The second kappa shape index (κ2) is 7.94. The van der Waals surface area contributed by atoms with Crippen molar-refractivity contribution in [2.75, 3.05) is 0 Å². The van der Waals surface area contributed by atoms with Crippen LogP contribution in [0.5, 0.6) is 0 Å². The van der Waals surface area contributed by atoms with Gasteiger partial charge < -0.3 is 20.3 Å². The smallest absolute Gasteiger partial charge is 0.220 e. The first-order valence-corrected chi connectivity index (χ1v) is 12.5. The zero-order valence-corrected chi connectivity index (χ0v) is 19.7. The van der Waals surface area contributed by atoms with Crippen molar-refractivity contribution in [2.45, 2.75) is 114 Å². The number of aliphatic imine (C=N–C) groups is 3. The lowest BCUT2D eigenvalue weighted by atomic mass is 9.73. The van der Waals surface area contributed by atoms with Crippen molar-refractivity contribution in [3.63, 3.8) is 0 Å². The van der Waals surface area contributed by atoms with Crippen LogP contribution >= 0.6 is 0 Å². The molecule has 0 saturated heterocycles. The summed E-state index contributed by atoms with van der Waals surface area (Å²) in [6, 6.07) is 0.314. The minimum atomic E-state index is -0.584. The van der Waals surface area contributed by atoms with E-state index >= 15 is 0 Å². The van der Waals surface area contributed by atoms with Crippen LogP contribution in [-0.4, -0.2) is 58.0 Å². The molecule has 3 atom stereocenters. The number of hydrogen-bond donors (Lipinski definition) is 3. The molecule has 3 fully saturated rings. The summed E-state index contributed by atoms with van der Waals surface area (Å²) in [6.07, 6.45) is 12.8. The molecule has 0 bridgehead atoms. The lowest BCUT2D eigenvalue weighted by molar-refractivity contribution is -0.0284. The molecule has 3 saturated carbocycles. The summed E-state index contributed by atoms with van der Waals surface area (Å²) in [7, 11) is 0. The normalized spacial score (nSPS) is 43.8. The van der Waals surface area contributed by atoms with Crippen LogP contribution in [0.3, 0.4) is 0 Å². The van der Waals surface area contributed by atoms with Gasteiger partial charge in [-0.2, -0.15) is 0 Å². The largest absolute Gasteiger partial charge is 0.474 e. The van der Waals surface area contributed by atoms with E-state index in [-0.39, 0.29) is 23.2 Å². The Labute approximate surface area is 191 Å². The highest BCUT2D eigenvalue weighted by molar-refractivity contribution is 6.03. The Bertz CT molecular complexity index is 860. The van der Waals surface area contributed by atoms with Crippen molar-refractivity contribution in [1.82, 2.24) is 5.32 Å². The third-order valence-corrected chi connectivity index (χ3v) is 8.60. The predicted molar refractivity (Wildman–Crippen MR) is 126 cm³/mol. The molecule has 32 heavy (non-hydrogen) atoms. The van der Waals surface area contributed by atoms with E-state index in [1.807, 2.05) is 13.1 Å². The third kappa shape index (κ3) is 3.71. The van der Waals surface area contributed by atoms with Gasteiger partial charge in [-0.1, -0.05) is 6.92 Å². The zero-order chi connectivity index (χ0) is 22.6. The molecule has 0 aromatic heterocycles. The first-order chi connectivity index (χ1) is 15.3. The Hall–Kier alpha value is -1.73. The van der Waals surface area contributed by atoms with Gasteiger partial charge in [-0.25, -0.2) is 15.0 Å². The topological polar surface area (TPSA) is 98.8 Å². The van der Waals surface area contributed by atoms with E-state index in [1.54, 1.807) is 0 Å². The molecule has 0 radical (unpaired) electrons. The summed E-state index contributed by atoms with van der Waals surface area (Å²) in [5.41, 5.74) is -0.0214. The molecule has 3 aliphatic carbocycles. The van der Waals surface area contributed by atoms with Gasteiger partial charge in [0, 0.05) is 23.9 Å². The summed E-state index contributed by atoms with van der Waals surface area (Å²) in [4.78, 5) is 14.7. The van der Waals surface area contributed by atoms with Crippen molar-refractivity contribution in [2.24, 2.45) is 26.3 Å². The highest BCUT2D eigenvalue weighted by Gasteiger charge is 2.74. The van der Waals surface area contributed by atoms with E-state index < -0.39 is 5.60 Å². The molecule has 5 aliphatic rings. The minimum Gasteiger partial charge on any atom is -0.474 e. The third-order valence-electron chi connectivity index (χ3n) is 8.60. The highest BCUT2D eigenvalue weighted by atomic mass is 16.5. The van der Waals surface area contributed by atoms with E-state index in [9.17, 15) is 10.2 Å². The van der Waals surface area contributed by atoms with E-state index in [0.29, 0.717) is 23.8 Å². The highest BCUT2D eigenvalue weighted by Crippen LogP contribution is 2.70. The molecule has 0 aromatic rings. The first kappa shape index (κ1) is 22.1. The quantitative estimate of drug-likeness (QED) is 0.607. The maximum absolute atomic E-state index is 10.3. The molecule has 7 nitrogen and oxygen atoms in total. The average molecular weight is 443 g/mol. The van der Waals surface area contributed by atoms with Crippen molar-refractivity contribution in [3.8, 4) is 0 Å². The van der Waals surface area contributed by atoms with E-state index in [0.717, 1.165) is 69.8 Å². The maximum atomic E-state index is 10.3. The molecule has 3 N–H and O–H groups in total. The van der Waals surface area contributed by atoms with Crippen LogP contribution in [0.15, 0.2) is 26.4 Å². The molecular formula is C25H38N4O3. The average Bonchev–Trinajstić information content (AvgIpc) is 3.43. The fourth-order valence-electron chi connectivity index (χ4n) is 6.15. The predicted octanol–water partition coefficient (Wildman–Crippen LogP) is 3.50. The number of nitrogens with one attached hydrogen (secondary N) is 1. The van der Waals surface area contributed by atoms with Crippen molar-refractivity contribution >= 4 is 18.4 Å². The molecule has 176 valence electrons. The first-order valence-electron chi connectivity index (χ1n) is 12.5. The molecule has 0 aromatic carbocycles. The summed E-state index contributed by atoms with van der Waals surface area (Å²) in [6.45, 7) is 6.22. The standard InChI is InChI=1S/C25H38N4O3/c1-4-16(2)28-22-26-13-20-21(32-19-9-11-23(3,31)12-10-19)27-15-24(14-25(20,24)29-22)17-5-7-18(30)8-6-17/h13,15-19,30-31H,4-12,14H2,1-3H3,(H,28,29)/t16-,17?,18?,19?,23?,24?,25?/m0/s1. The summed E-state index contributed by atoms with van der Waals surface area (Å²) < 4.78 is 6.42. The number of aliphatic hydroxyl groups excluding tert-OH is 1. The maximum Gasteiger partial charge on any atom is 0.220 e. The fourth-order valence-corrected chi connectivity index (χ4v) is 6.15. The Kier molecular flexibility index (Phi) is 5.48. The van der Waals surface area contributed by atoms with Gasteiger partial charge in [0.2, 0.25) is 11.8 Å². The molecule has 7 heteroatoms. The SMILES string of the molecule is CC[C@H](C)NC1=NC23CC2(C2CCC(O)CC2)C=NC(OC2CCC(C)(O)CC2)=C3C=N1. The Balaban J connectivity index is 1.42. The molecular weight excluding hydrogens is 404 g/mol. The number of rotatable bonds is 5. The van der Waals surface area contributed by atoms with Gasteiger partial charge in [0.25, 0.3) is 0 Å². The van der Waals surface area contributed by atoms with Crippen molar-refractivity contribution < 1.29 is 14.9 Å². The van der Waals surface area contributed by atoms with Crippen molar-refractivity contribution in [1.29, 1.82) is 0 Å². The van der Waals surface area contributed by atoms with Crippen LogP contribution in [0.4, 0.5) is 0 Å². The van der Waals surface area contributed by atoms with Gasteiger partial charge in [-0.3, -0.25) is 0 Å². The minimum absolute atomic E-state index is 0.0695. The van der Waals surface area contributed by atoms with Gasteiger partial charge in [-0.05, 0) is 84.0 Å². The van der Waals surface area contributed by atoms with E-state index in [1.165, 1.54) is 0 Å². The Morgan fingerprint density at radius 3 is 2.56 bits per heavy atom. The van der Waals surface area contributed by atoms with Gasteiger partial charge in [0.15, 0.2) is 0 Å². The van der Waals surface area contributed by atoms with Gasteiger partial charge >= 0.3 is 0 Å². The van der Waals surface area contributed by atoms with Gasteiger partial charge in [0.05, 0.1) is 17.3 Å². The molecule has 5 rings (SSSR count). The number of hydrogen-bond acceptors (Lipinski definition) is 7. The summed E-state index contributed by atoms with van der Waals surface area (Å²) in [5.74, 6) is 1.84. The monoisotopic (exact) mass is 442 g/mol. The lowest BCUT2D eigenvalue weighted by Gasteiger charge is -2.37. The van der Waals surface area contributed by atoms with Crippen LogP contribution in [0, 0.1) is 11.3 Å². The number of guanidine groups is 1. The van der Waals surface area contributed by atoms with E-state index in [4.69, 9.17) is 14.7 Å². The molecule has 2 heterocycles. The van der Waals surface area contributed by atoms with E-state index in [2.05, 4.69) is 30.4 Å². The number of nitrogens with zero attached hydrogens (tertiary/aromatic N) is 3. The second-order valence-electron chi connectivity index (χ2n) is 11.0. The summed E-state index contributed by atoms with van der Waals surface area (Å²) in [5, 5.41) is 23.8.